The summed E-state index contributed by atoms with van der Waals surface area (Å²) in [7, 11) is 0. The Balaban J connectivity index is 1.27. The van der Waals surface area contributed by atoms with Crippen molar-refractivity contribution < 1.29 is 0 Å². The summed E-state index contributed by atoms with van der Waals surface area (Å²) in [5, 5.41) is 7.58. The van der Waals surface area contributed by atoms with Crippen molar-refractivity contribution in [1.29, 1.82) is 0 Å². The Hall–Kier alpha value is -5.70. The largest absolute Gasteiger partial charge is 0.310 e. The predicted molar refractivity (Wildman–Crippen MR) is 200 cm³/mol. The van der Waals surface area contributed by atoms with Crippen molar-refractivity contribution in [2.75, 3.05) is 4.90 Å². The molecule has 0 bridgehead atoms. The lowest BCUT2D eigenvalue weighted by atomic mass is 10.00. The van der Waals surface area contributed by atoms with E-state index < -0.39 is 0 Å². The molecule has 216 valence electrons. The molecular weight excluding hydrogens is 575 g/mol. The highest BCUT2D eigenvalue weighted by Gasteiger charge is 2.19. The van der Waals surface area contributed by atoms with Gasteiger partial charge in [0.15, 0.2) is 0 Å². The zero-order chi connectivity index (χ0) is 30.5. The molecule has 0 saturated heterocycles. The third-order valence-electron chi connectivity index (χ3n) is 9.00. The molecule has 46 heavy (non-hydrogen) atoms. The standard InChI is InChI=1S/C44H29NS/c1-3-10-30(11-4-1)32-20-23-38(24-21-32)45(39-25-22-33-18-19-36(26-37(33)27-39)31-12-5-2-6-13-31)41-16-9-17-42-44(41)40-28-34-14-7-8-15-35(34)29-43(40)46-42/h1-29H. The molecule has 0 unspecified atom stereocenters. The van der Waals surface area contributed by atoms with Gasteiger partial charge in [0, 0.05) is 31.5 Å². The SMILES string of the molecule is c1ccc(-c2ccc(N(c3ccc4ccc(-c5ccccc5)cc4c3)c3cccc4sc5cc6ccccc6cc5c34)cc2)cc1. The monoisotopic (exact) mass is 603 g/mol. The molecule has 0 aliphatic heterocycles. The molecular formula is C44H29NS. The van der Waals surface area contributed by atoms with Gasteiger partial charge in [-0.1, -0.05) is 121 Å². The van der Waals surface area contributed by atoms with Crippen molar-refractivity contribution in [3.63, 3.8) is 0 Å². The van der Waals surface area contributed by atoms with Crippen LogP contribution in [0, 0.1) is 0 Å². The summed E-state index contributed by atoms with van der Waals surface area (Å²) < 4.78 is 2.60. The summed E-state index contributed by atoms with van der Waals surface area (Å²) in [6.07, 6.45) is 0. The number of hydrogen-bond donors (Lipinski definition) is 0. The van der Waals surface area contributed by atoms with E-state index in [1.54, 1.807) is 0 Å². The van der Waals surface area contributed by atoms with Crippen molar-refractivity contribution in [3.8, 4) is 22.3 Å². The van der Waals surface area contributed by atoms with E-state index in [9.17, 15) is 0 Å². The Morgan fingerprint density at radius 1 is 0.348 bits per heavy atom. The van der Waals surface area contributed by atoms with Crippen molar-refractivity contribution in [3.05, 3.63) is 176 Å². The van der Waals surface area contributed by atoms with Crippen LogP contribution in [-0.4, -0.2) is 0 Å². The second-order valence-corrected chi connectivity index (χ2v) is 12.9. The van der Waals surface area contributed by atoms with Crippen molar-refractivity contribution in [2.45, 2.75) is 0 Å². The molecule has 1 nitrogen and oxygen atoms in total. The first-order chi connectivity index (χ1) is 22.8. The highest BCUT2D eigenvalue weighted by atomic mass is 32.1. The molecule has 1 aromatic heterocycles. The summed E-state index contributed by atoms with van der Waals surface area (Å²) >= 11 is 1.87. The molecule has 0 N–H and O–H groups in total. The topological polar surface area (TPSA) is 3.24 Å². The van der Waals surface area contributed by atoms with Crippen LogP contribution in [0.15, 0.2) is 176 Å². The zero-order valence-corrected chi connectivity index (χ0v) is 25.9. The molecule has 2 heteroatoms. The van der Waals surface area contributed by atoms with Crippen LogP contribution in [0.3, 0.4) is 0 Å². The molecule has 9 aromatic rings. The van der Waals surface area contributed by atoms with Crippen LogP contribution < -0.4 is 4.90 Å². The van der Waals surface area contributed by atoms with E-state index in [1.165, 1.54) is 69.7 Å². The lowest BCUT2D eigenvalue weighted by Crippen LogP contribution is -2.10. The first-order valence-electron chi connectivity index (χ1n) is 15.7. The molecule has 8 aromatic carbocycles. The second kappa shape index (κ2) is 11.0. The average Bonchev–Trinajstić information content (AvgIpc) is 3.49. The molecule has 1 heterocycles. The highest BCUT2D eigenvalue weighted by Crippen LogP contribution is 2.46. The minimum Gasteiger partial charge on any atom is -0.310 e. The Morgan fingerprint density at radius 3 is 1.72 bits per heavy atom. The number of rotatable bonds is 5. The van der Waals surface area contributed by atoms with Crippen LogP contribution in [0.2, 0.25) is 0 Å². The summed E-state index contributed by atoms with van der Waals surface area (Å²) in [6, 6.07) is 64.0. The Kier molecular flexibility index (Phi) is 6.40. The summed E-state index contributed by atoms with van der Waals surface area (Å²) in [4.78, 5) is 2.44. The van der Waals surface area contributed by atoms with E-state index in [0.29, 0.717) is 0 Å². The molecule has 0 aliphatic rings. The lowest BCUT2D eigenvalue weighted by molar-refractivity contribution is 1.31. The number of hydrogen-bond acceptors (Lipinski definition) is 2. The number of benzene rings is 8. The molecule has 0 saturated carbocycles. The summed E-state index contributed by atoms with van der Waals surface area (Å²) in [5.41, 5.74) is 8.33. The van der Waals surface area contributed by atoms with E-state index in [-0.39, 0.29) is 0 Å². The maximum atomic E-state index is 2.44. The van der Waals surface area contributed by atoms with Gasteiger partial charge in [-0.3, -0.25) is 0 Å². The quantitative estimate of drug-likeness (QED) is 0.189. The van der Waals surface area contributed by atoms with Gasteiger partial charge in [-0.25, -0.2) is 0 Å². The Labute approximate surface area is 272 Å². The van der Waals surface area contributed by atoms with Crippen LogP contribution in [-0.2, 0) is 0 Å². The van der Waals surface area contributed by atoms with E-state index >= 15 is 0 Å². The maximum Gasteiger partial charge on any atom is 0.0554 e. The van der Waals surface area contributed by atoms with Crippen molar-refractivity contribution in [2.24, 2.45) is 0 Å². The average molecular weight is 604 g/mol. The molecule has 0 radical (unpaired) electrons. The highest BCUT2D eigenvalue weighted by molar-refractivity contribution is 7.26. The molecule has 0 spiro atoms. The number of nitrogens with zero attached hydrogens (tertiary/aromatic N) is 1. The smallest absolute Gasteiger partial charge is 0.0554 e. The minimum atomic E-state index is 1.13. The molecule has 9 rings (SSSR count). The minimum absolute atomic E-state index is 1.13. The number of fused-ring (bicyclic) bond motifs is 5. The molecule has 0 aliphatic carbocycles. The van der Waals surface area contributed by atoms with Gasteiger partial charge in [-0.2, -0.15) is 0 Å². The van der Waals surface area contributed by atoms with Gasteiger partial charge in [0.2, 0.25) is 0 Å². The normalized spacial score (nSPS) is 11.5. The van der Waals surface area contributed by atoms with Crippen molar-refractivity contribution in [1.82, 2.24) is 0 Å². The van der Waals surface area contributed by atoms with Gasteiger partial charge in [0.05, 0.1) is 5.69 Å². The first kappa shape index (κ1) is 26.7. The second-order valence-electron chi connectivity index (χ2n) is 11.8. The van der Waals surface area contributed by atoms with Gasteiger partial charge in [-0.15, -0.1) is 11.3 Å². The van der Waals surface area contributed by atoms with Crippen LogP contribution in [0.5, 0.6) is 0 Å². The Bertz CT molecular complexity index is 2510. The Morgan fingerprint density at radius 2 is 0.957 bits per heavy atom. The zero-order valence-electron chi connectivity index (χ0n) is 25.1. The van der Waals surface area contributed by atoms with Crippen LogP contribution in [0.4, 0.5) is 17.1 Å². The summed E-state index contributed by atoms with van der Waals surface area (Å²) in [6.45, 7) is 0. The molecule has 0 atom stereocenters. The fraction of sp³-hybridized carbons (Fsp3) is 0. The van der Waals surface area contributed by atoms with Gasteiger partial charge in [0.1, 0.15) is 0 Å². The fourth-order valence-electron chi connectivity index (χ4n) is 6.72. The van der Waals surface area contributed by atoms with E-state index in [1.807, 2.05) is 11.3 Å². The third kappa shape index (κ3) is 4.63. The summed E-state index contributed by atoms with van der Waals surface area (Å²) in [5.74, 6) is 0. The lowest BCUT2D eigenvalue weighted by Gasteiger charge is -2.27. The molecule has 0 amide bonds. The van der Waals surface area contributed by atoms with Gasteiger partial charge >= 0.3 is 0 Å². The van der Waals surface area contributed by atoms with Crippen LogP contribution in [0.1, 0.15) is 0 Å². The third-order valence-corrected chi connectivity index (χ3v) is 10.1. The van der Waals surface area contributed by atoms with Gasteiger partial charge in [0.25, 0.3) is 0 Å². The number of thiophene rings is 1. The number of anilines is 3. The van der Waals surface area contributed by atoms with Crippen LogP contribution >= 0.6 is 11.3 Å². The predicted octanol–water partition coefficient (Wildman–Crippen LogP) is 13.2. The molecule has 0 fully saturated rings. The van der Waals surface area contributed by atoms with Crippen molar-refractivity contribution >= 4 is 70.1 Å². The fourth-order valence-corrected chi connectivity index (χ4v) is 7.88. The van der Waals surface area contributed by atoms with Crippen LogP contribution in [0.25, 0.3) is 64.0 Å². The van der Waals surface area contributed by atoms with E-state index in [0.717, 1.165) is 11.4 Å². The maximum absolute atomic E-state index is 2.44. The van der Waals surface area contributed by atoms with E-state index in [2.05, 4.69) is 181 Å². The van der Waals surface area contributed by atoms with E-state index in [4.69, 9.17) is 0 Å². The van der Waals surface area contributed by atoms with Gasteiger partial charge in [-0.05, 0) is 98.4 Å². The first-order valence-corrected chi connectivity index (χ1v) is 16.5. The van der Waals surface area contributed by atoms with Gasteiger partial charge < -0.3 is 4.90 Å².